The zero-order chi connectivity index (χ0) is 15.7. The number of nitrogens with zero attached hydrogens (tertiary/aromatic N) is 5. The van der Waals surface area contributed by atoms with Gasteiger partial charge in [-0.15, -0.1) is 0 Å². The van der Waals surface area contributed by atoms with Crippen LogP contribution in [0.3, 0.4) is 0 Å². The molecule has 7 nitrogen and oxygen atoms in total. The molecular weight excluding hydrogens is 282 g/mol. The zero-order valence-electron chi connectivity index (χ0n) is 12.8. The van der Waals surface area contributed by atoms with Crippen molar-refractivity contribution >= 4 is 11.5 Å². The molecule has 0 bridgehead atoms. The molecule has 3 heterocycles. The number of rotatable bonds is 3. The van der Waals surface area contributed by atoms with E-state index in [1.54, 1.807) is 6.92 Å². The number of anilines is 1. The van der Waals surface area contributed by atoms with Crippen LogP contribution < -0.4 is 4.90 Å². The molecule has 22 heavy (non-hydrogen) atoms. The summed E-state index contributed by atoms with van der Waals surface area (Å²) in [5.74, 6) is 1.34. The lowest BCUT2D eigenvalue weighted by molar-refractivity contribution is -0.385. The first-order valence-corrected chi connectivity index (χ1v) is 7.40. The van der Waals surface area contributed by atoms with Gasteiger partial charge in [0.15, 0.2) is 0 Å². The van der Waals surface area contributed by atoms with Gasteiger partial charge in [-0.05, 0) is 31.9 Å². The monoisotopic (exact) mass is 301 g/mol. The minimum atomic E-state index is -0.388. The summed E-state index contributed by atoms with van der Waals surface area (Å²) in [5.41, 5.74) is 2.00. The van der Waals surface area contributed by atoms with Crippen LogP contribution in [0.4, 0.5) is 11.5 Å². The fourth-order valence-electron chi connectivity index (χ4n) is 3.09. The molecule has 0 aliphatic carbocycles. The summed E-state index contributed by atoms with van der Waals surface area (Å²) in [6.07, 6.45) is 5.27. The van der Waals surface area contributed by atoms with Gasteiger partial charge in [-0.25, -0.2) is 4.98 Å². The van der Waals surface area contributed by atoms with Gasteiger partial charge in [0, 0.05) is 43.5 Å². The Morgan fingerprint density at radius 2 is 2.09 bits per heavy atom. The van der Waals surface area contributed by atoms with Crippen LogP contribution in [0.15, 0.2) is 24.5 Å². The third kappa shape index (κ3) is 2.66. The van der Waals surface area contributed by atoms with E-state index < -0.39 is 0 Å². The Hall–Kier alpha value is -2.44. The molecule has 0 saturated carbocycles. The van der Waals surface area contributed by atoms with Gasteiger partial charge >= 0.3 is 0 Å². The molecule has 0 radical (unpaired) electrons. The van der Waals surface area contributed by atoms with E-state index in [0.29, 0.717) is 11.5 Å². The Morgan fingerprint density at radius 3 is 2.64 bits per heavy atom. The standard InChI is InChI=1S/C15H19N5O2/c1-11-9-15(16-10-14(11)20(21)22)19-7-4-12(5-8-19)13-3-6-17-18(13)2/h3,6,9-10,12H,4-5,7-8H2,1-2H3. The number of aryl methyl sites for hydroxylation is 2. The molecule has 0 N–H and O–H groups in total. The molecule has 116 valence electrons. The molecule has 1 saturated heterocycles. The first-order valence-electron chi connectivity index (χ1n) is 7.40. The van der Waals surface area contributed by atoms with Crippen LogP contribution in [0, 0.1) is 17.0 Å². The fourth-order valence-corrected chi connectivity index (χ4v) is 3.09. The number of pyridine rings is 1. The maximum Gasteiger partial charge on any atom is 0.290 e. The zero-order valence-corrected chi connectivity index (χ0v) is 12.8. The Bertz CT molecular complexity index is 689. The van der Waals surface area contributed by atoms with Crippen LogP contribution in [0.5, 0.6) is 0 Å². The third-order valence-electron chi connectivity index (χ3n) is 4.36. The van der Waals surface area contributed by atoms with Crippen molar-refractivity contribution in [3.8, 4) is 0 Å². The fraction of sp³-hybridized carbons (Fsp3) is 0.467. The van der Waals surface area contributed by atoms with Gasteiger partial charge in [-0.1, -0.05) is 0 Å². The van der Waals surface area contributed by atoms with Crippen LogP contribution >= 0.6 is 0 Å². The third-order valence-corrected chi connectivity index (χ3v) is 4.36. The Labute approximate surface area is 128 Å². The summed E-state index contributed by atoms with van der Waals surface area (Å²) in [6.45, 7) is 3.56. The highest BCUT2D eigenvalue weighted by molar-refractivity contribution is 5.49. The van der Waals surface area contributed by atoms with Gasteiger partial charge in [0.25, 0.3) is 5.69 Å². The van der Waals surface area contributed by atoms with E-state index in [1.165, 1.54) is 11.9 Å². The minimum Gasteiger partial charge on any atom is -0.357 e. The van der Waals surface area contributed by atoms with Crippen molar-refractivity contribution in [2.45, 2.75) is 25.7 Å². The summed E-state index contributed by atoms with van der Waals surface area (Å²) in [7, 11) is 1.98. The van der Waals surface area contributed by atoms with Crippen molar-refractivity contribution < 1.29 is 4.92 Å². The molecule has 1 aliphatic rings. The molecule has 0 spiro atoms. The quantitative estimate of drug-likeness (QED) is 0.642. The second-order valence-corrected chi connectivity index (χ2v) is 5.73. The minimum absolute atomic E-state index is 0.0773. The highest BCUT2D eigenvalue weighted by Crippen LogP contribution is 2.30. The van der Waals surface area contributed by atoms with Gasteiger partial charge < -0.3 is 4.90 Å². The van der Waals surface area contributed by atoms with Crippen molar-refractivity contribution in [1.29, 1.82) is 0 Å². The van der Waals surface area contributed by atoms with Gasteiger partial charge in [-0.3, -0.25) is 14.8 Å². The van der Waals surface area contributed by atoms with Crippen LogP contribution in [0.25, 0.3) is 0 Å². The molecule has 7 heteroatoms. The summed E-state index contributed by atoms with van der Waals surface area (Å²) in [6, 6.07) is 3.89. The van der Waals surface area contributed by atoms with Crippen molar-refractivity contribution in [2.75, 3.05) is 18.0 Å². The number of hydrogen-bond acceptors (Lipinski definition) is 5. The molecule has 0 amide bonds. The summed E-state index contributed by atoms with van der Waals surface area (Å²) in [4.78, 5) is 16.9. The number of nitro groups is 1. The van der Waals surface area contributed by atoms with E-state index in [4.69, 9.17) is 0 Å². The maximum atomic E-state index is 10.9. The summed E-state index contributed by atoms with van der Waals surface area (Å²) < 4.78 is 1.94. The predicted octanol–water partition coefficient (Wildman–Crippen LogP) is 2.42. The number of piperidine rings is 1. The topological polar surface area (TPSA) is 77.1 Å². The predicted molar refractivity (Wildman–Crippen MR) is 83.0 cm³/mol. The molecule has 2 aromatic heterocycles. The molecule has 2 aromatic rings. The lowest BCUT2D eigenvalue weighted by atomic mass is 9.93. The van der Waals surface area contributed by atoms with E-state index >= 15 is 0 Å². The number of hydrogen-bond donors (Lipinski definition) is 0. The van der Waals surface area contributed by atoms with Crippen LogP contribution in [-0.2, 0) is 7.05 Å². The van der Waals surface area contributed by atoms with E-state index in [9.17, 15) is 10.1 Å². The maximum absolute atomic E-state index is 10.9. The molecule has 0 unspecified atom stereocenters. The van der Waals surface area contributed by atoms with E-state index in [0.717, 1.165) is 31.7 Å². The first-order chi connectivity index (χ1) is 10.6. The SMILES string of the molecule is Cc1cc(N2CCC(c3ccnn3C)CC2)ncc1[N+](=O)[O-]. The van der Waals surface area contributed by atoms with E-state index in [1.807, 2.05) is 24.0 Å². The summed E-state index contributed by atoms with van der Waals surface area (Å²) >= 11 is 0. The Morgan fingerprint density at radius 1 is 1.36 bits per heavy atom. The Kier molecular flexibility index (Phi) is 3.79. The smallest absolute Gasteiger partial charge is 0.290 e. The molecule has 1 aliphatic heterocycles. The normalized spacial score (nSPS) is 16.0. The van der Waals surface area contributed by atoms with Crippen LogP contribution in [0.2, 0.25) is 0 Å². The average molecular weight is 301 g/mol. The molecule has 0 aromatic carbocycles. The Balaban J connectivity index is 1.70. The van der Waals surface area contributed by atoms with Gasteiger partial charge in [0.1, 0.15) is 12.0 Å². The second kappa shape index (κ2) is 5.75. The lowest BCUT2D eigenvalue weighted by Crippen LogP contribution is -2.34. The van der Waals surface area contributed by atoms with E-state index in [-0.39, 0.29) is 10.6 Å². The highest BCUT2D eigenvalue weighted by Gasteiger charge is 2.24. The molecular formula is C15H19N5O2. The van der Waals surface area contributed by atoms with Crippen molar-refractivity contribution in [3.05, 3.63) is 45.9 Å². The largest absolute Gasteiger partial charge is 0.357 e. The van der Waals surface area contributed by atoms with Gasteiger partial charge in [0.05, 0.1) is 4.92 Å². The molecule has 3 rings (SSSR count). The summed E-state index contributed by atoms with van der Waals surface area (Å²) in [5, 5.41) is 15.1. The molecule has 0 atom stereocenters. The van der Waals surface area contributed by atoms with Crippen molar-refractivity contribution in [1.82, 2.24) is 14.8 Å². The van der Waals surface area contributed by atoms with Gasteiger partial charge in [-0.2, -0.15) is 5.10 Å². The van der Waals surface area contributed by atoms with Crippen LogP contribution in [-0.4, -0.2) is 32.8 Å². The van der Waals surface area contributed by atoms with Crippen molar-refractivity contribution in [2.24, 2.45) is 7.05 Å². The van der Waals surface area contributed by atoms with Crippen molar-refractivity contribution in [3.63, 3.8) is 0 Å². The molecule has 1 fully saturated rings. The van der Waals surface area contributed by atoms with Crippen LogP contribution in [0.1, 0.15) is 30.0 Å². The second-order valence-electron chi connectivity index (χ2n) is 5.73. The first kappa shape index (κ1) is 14.5. The number of aromatic nitrogens is 3. The highest BCUT2D eigenvalue weighted by atomic mass is 16.6. The van der Waals surface area contributed by atoms with Gasteiger partial charge in [0.2, 0.25) is 0 Å². The van der Waals surface area contributed by atoms with E-state index in [2.05, 4.69) is 21.0 Å². The average Bonchev–Trinajstić information content (AvgIpc) is 2.93. The lowest BCUT2D eigenvalue weighted by Gasteiger charge is -2.32.